The number of benzene rings is 2. The number of pyridine rings is 1. The number of hydrogen-bond acceptors (Lipinski definition) is 3. The lowest BCUT2D eigenvalue weighted by Crippen LogP contribution is -2.04. The van der Waals surface area contributed by atoms with Crippen molar-refractivity contribution >= 4 is 23.1 Å². The predicted octanol–water partition coefficient (Wildman–Crippen LogP) is 4.80. The second kappa shape index (κ2) is 7.41. The van der Waals surface area contributed by atoms with E-state index in [1.807, 2.05) is 59.3 Å². The van der Waals surface area contributed by atoms with Gasteiger partial charge in [0.1, 0.15) is 11.6 Å². The van der Waals surface area contributed by atoms with Gasteiger partial charge in [0.15, 0.2) is 0 Å². The molecule has 2 heterocycles. The van der Waals surface area contributed by atoms with Crippen LogP contribution in [-0.2, 0) is 6.54 Å². The molecule has 0 atom stereocenters. The molecule has 0 aliphatic carbocycles. The summed E-state index contributed by atoms with van der Waals surface area (Å²) in [5.41, 5.74) is 3.42. The van der Waals surface area contributed by atoms with Crippen molar-refractivity contribution in [3.8, 4) is 5.75 Å². The van der Waals surface area contributed by atoms with Gasteiger partial charge in [0.2, 0.25) is 0 Å². The van der Waals surface area contributed by atoms with Crippen LogP contribution >= 0.6 is 0 Å². The Bertz CT molecular complexity index is 1100. The van der Waals surface area contributed by atoms with Crippen molar-refractivity contribution in [2.45, 2.75) is 6.54 Å². The zero-order chi connectivity index (χ0) is 18.6. The molecule has 5 heteroatoms. The Morgan fingerprint density at radius 3 is 2.70 bits per heavy atom. The third kappa shape index (κ3) is 3.58. The fourth-order valence-electron chi connectivity index (χ4n) is 3.07. The normalized spacial score (nSPS) is 11.3. The van der Waals surface area contributed by atoms with Crippen molar-refractivity contribution in [2.75, 3.05) is 7.11 Å². The molecule has 2 aromatic carbocycles. The van der Waals surface area contributed by atoms with Crippen molar-refractivity contribution in [1.82, 2.24) is 14.8 Å². The van der Waals surface area contributed by atoms with Crippen molar-refractivity contribution in [3.63, 3.8) is 0 Å². The quantitative estimate of drug-likeness (QED) is 0.514. The summed E-state index contributed by atoms with van der Waals surface area (Å²) in [5.74, 6) is 0.346. The predicted molar refractivity (Wildman–Crippen MR) is 105 cm³/mol. The summed E-state index contributed by atoms with van der Waals surface area (Å²) < 4.78 is 20.9. The minimum Gasteiger partial charge on any atom is -0.496 e. The molecule has 0 saturated carbocycles. The lowest BCUT2D eigenvalue weighted by molar-refractivity contribution is 0.406. The van der Waals surface area contributed by atoms with Crippen LogP contribution in [0.15, 0.2) is 66.9 Å². The molecule has 0 saturated heterocycles. The van der Waals surface area contributed by atoms with Gasteiger partial charge >= 0.3 is 0 Å². The Kier molecular flexibility index (Phi) is 4.66. The topological polar surface area (TPSA) is 39.9 Å². The summed E-state index contributed by atoms with van der Waals surface area (Å²) in [6.45, 7) is 0.416. The number of nitrogens with zero attached hydrogens (tertiary/aromatic N) is 3. The number of aromatic nitrogens is 3. The van der Waals surface area contributed by atoms with Gasteiger partial charge in [-0.05, 0) is 48.6 Å². The first-order valence-electron chi connectivity index (χ1n) is 8.61. The van der Waals surface area contributed by atoms with Crippen LogP contribution in [0.3, 0.4) is 0 Å². The van der Waals surface area contributed by atoms with Gasteiger partial charge in [-0.15, -0.1) is 0 Å². The first kappa shape index (κ1) is 17.0. The highest BCUT2D eigenvalue weighted by atomic mass is 19.1. The van der Waals surface area contributed by atoms with Crippen LogP contribution in [-0.4, -0.2) is 21.9 Å². The van der Waals surface area contributed by atoms with E-state index in [-0.39, 0.29) is 5.82 Å². The van der Waals surface area contributed by atoms with Crippen LogP contribution < -0.4 is 4.74 Å². The molecule has 4 nitrogen and oxygen atoms in total. The molecule has 0 spiro atoms. The minimum absolute atomic E-state index is 0.294. The highest BCUT2D eigenvalue weighted by molar-refractivity contribution is 5.89. The molecule has 4 aromatic rings. The summed E-state index contributed by atoms with van der Waals surface area (Å²) in [5, 5.41) is 5.76. The molecule has 0 aliphatic heterocycles. The average Bonchev–Trinajstić information content (AvgIpc) is 3.05. The summed E-state index contributed by atoms with van der Waals surface area (Å²) in [4.78, 5) is 4.30. The lowest BCUT2D eigenvalue weighted by Gasteiger charge is -2.09. The molecule has 0 radical (unpaired) electrons. The number of ether oxygens (including phenoxy) is 1. The Morgan fingerprint density at radius 2 is 1.89 bits per heavy atom. The molecule has 134 valence electrons. The Morgan fingerprint density at radius 1 is 1.04 bits per heavy atom. The van der Waals surface area contributed by atoms with Crippen LogP contribution in [0, 0.1) is 5.82 Å². The minimum atomic E-state index is -0.294. The third-order valence-electron chi connectivity index (χ3n) is 4.35. The van der Waals surface area contributed by atoms with Crippen LogP contribution in [0.4, 0.5) is 4.39 Å². The summed E-state index contributed by atoms with van der Waals surface area (Å²) in [6, 6.07) is 18.3. The molecule has 0 bridgehead atoms. The van der Waals surface area contributed by atoms with Gasteiger partial charge in [-0.25, -0.2) is 4.39 Å². The van der Waals surface area contributed by atoms with Crippen molar-refractivity contribution in [1.29, 1.82) is 0 Å². The number of methoxy groups -OCH3 is 1. The summed E-state index contributed by atoms with van der Waals surface area (Å²) in [7, 11) is 1.58. The van der Waals surface area contributed by atoms with Gasteiger partial charge in [0, 0.05) is 17.1 Å². The highest BCUT2D eigenvalue weighted by Gasteiger charge is 2.11. The van der Waals surface area contributed by atoms with Gasteiger partial charge in [-0.3, -0.25) is 9.67 Å². The van der Waals surface area contributed by atoms with E-state index in [1.54, 1.807) is 19.4 Å². The molecule has 0 fully saturated rings. The molecule has 0 aliphatic rings. The van der Waals surface area contributed by atoms with Crippen molar-refractivity contribution in [2.24, 2.45) is 0 Å². The van der Waals surface area contributed by atoms with Gasteiger partial charge in [0.25, 0.3) is 0 Å². The maximum Gasteiger partial charge on any atom is 0.124 e. The van der Waals surface area contributed by atoms with Crippen LogP contribution in [0.25, 0.3) is 23.1 Å². The molecular formula is C22H18FN3O. The first-order chi connectivity index (χ1) is 13.2. The number of halogens is 1. The van der Waals surface area contributed by atoms with Gasteiger partial charge in [0.05, 0.1) is 30.6 Å². The Labute approximate surface area is 156 Å². The number of hydrogen-bond donors (Lipinski definition) is 0. The molecule has 0 N–H and O–H groups in total. The zero-order valence-corrected chi connectivity index (χ0v) is 14.8. The number of para-hydroxylation sites is 1. The lowest BCUT2D eigenvalue weighted by atomic mass is 10.1. The monoisotopic (exact) mass is 359 g/mol. The van der Waals surface area contributed by atoms with Crippen molar-refractivity contribution < 1.29 is 9.13 Å². The van der Waals surface area contributed by atoms with Gasteiger partial charge in [-0.2, -0.15) is 5.10 Å². The highest BCUT2D eigenvalue weighted by Crippen LogP contribution is 2.25. The fraction of sp³-hybridized carbons (Fsp3) is 0.0909. The maximum absolute atomic E-state index is 13.7. The van der Waals surface area contributed by atoms with E-state index in [9.17, 15) is 4.39 Å². The van der Waals surface area contributed by atoms with Gasteiger partial charge in [-0.1, -0.05) is 24.3 Å². The van der Waals surface area contributed by atoms with Crippen LogP contribution in [0.2, 0.25) is 0 Å². The molecule has 2 aromatic heterocycles. The second-order valence-electron chi connectivity index (χ2n) is 6.10. The third-order valence-corrected chi connectivity index (χ3v) is 4.35. The number of fused-ring (bicyclic) bond motifs is 1. The SMILES string of the molecule is COc1ccc(F)cc1Cn1nc(C=Cc2ccccn2)c2ccccc21. The van der Waals surface area contributed by atoms with E-state index >= 15 is 0 Å². The van der Waals surface area contributed by atoms with E-state index in [1.165, 1.54) is 12.1 Å². The number of rotatable bonds is 5. The molecule has 4 rings (SSSR count). The van der Waals surface area contributed by atoms with E-state index < -0.39 is 0 Å². The van der Waals surface area contributed by atoms with Gasteiger partial charge < -0.3 is 4.74 Å². The largest absolute Gasteiger partial charge is 0.496 e. The van der Waals surface area contributed by atoms with Crippen molar-refractivity contribution in [3.05, 3.63) is 89.6 Å². The molecule has 27 heavy (non-hydrogen) atoms. The maximum atomic E-state index is 13.7. The fourth-order valence-corrected chi connectivity index (χ4v) is 3.07. The first-order valence-corrected chi connectivity index (χ1v) is 8.61. The molecular weight excluding hydrogens is 341 g/mol. The van der Waals surface area contributed by atoms with Crippen LogP contribution in [0.5, 0.6) is 5.75 Å². The van der Waals surface area contributed by atoms with E-state index in [2.05, 4.69) is 4.98 Å². The smallest absolute Gasteiger partial charge is 0.124 e. The standard InChI is InChI=1S/C22H18FN3O/c1-27-22-12-9-17(23)14-16(22)15-26-21-8-3-2-7-19(21)20(25-26)11-10-18-6-4-5-13-24-18/h2-14H,15H2,1H3. The molecule has 0 amide bonds. The van der Waals surface area contributed by atoms with E-state index in [0.717, 1.165) is 27.9 Å². The van der Waals surface area contributed by atoms with E-state index in [4.69, 9.17) is 9.84 Å². The van der Waals surface area contributed by atoms with E-state index in [0.29, 0.717) is 12.3 Å². The average molecular weight is 359 g/mol. The summed E-state index contributed by atoms with van der Waals surface area (Å²) in [6.07, 6.45) is 5.64. The molecule has 0 unspecified atom stereocenters. The Hall–Kier alpha value is -3.47. The zero-order valence-electron chi connectivity index (χ0n) is 14.8. The summed E-state index contributed by atoms with van der Waals surface area (Å²) >= 11 is 0. The second-order valence-corrected chi connectivity index (χ2v) is 6.10. The van der Waals surface area contributed by atoms with Crippen LogP contribution in [0.1, 0.15) is 17.0 Å². The Balaban J connectivity index is 1.74.